The maximum Gasteiger partial charge on any atom is 0.389 e. The van der Waals surface area contributed by atoms with Crippen molar-refractivity contribution >= 4 is 39.6 Å². The number of sulfonamides is 1. The molecule has 2 aliphatic rings. The SMILES string of the molecule is C=C(C(C)C)[C@H]1CCN(C(=O)[C@@H](NC(=O)N[C@H](CN2CCCS2(=O)=O)C(C)(C)C)C(C)(C)C)[C@@H]1C(=O)NC(CCC(F)(F)F)C(=O)C(=O)NC. The first kappa shape index (κ1) is 43.0. The normalized spacial score (nSPS) is 21.7. The van der Waals surface area contributed by atoms with E-state index in [1.807, 2.05) is 34.6 Å². The number of Topliss-reactive ketones (excluding diaryl/α,β-unsaturated/α-hetero) is 1. The van der Waals surface area contributed by atoms with E-state index >= 15 is 0 Å². The molecule has 0 saturated carbocycles. The smallest absolute Gasteiger partial charge is 0.353 e. The third kappa shape index (κ3) is 11.4. The van der Waals surface area contributed by atoms with Crippen molar-refractivity contribution in [3.05, 3.63) is 12.2 Å². The Hall–Kier alpha value is -3.21. The summed E-state index contributed by atoms with van der Waals surface area (Å²) in [6, 6.07) is -5.71. The average molecular weight is 737 g/mol. The second-order valence-corrected chi connectivity index (χ2v) is 17.7. The Labute approximate surface area is 294 Å². The van der Waals surface area contributed by atoms with Crippen molar-refractivity contribution in [2.45, 2.75) is 111 Å². The molecule has 5 amide bonds. The quantitative estimate of drug-likeness (QED) is 0.166. The number of halogens is 3. The molecule has 2 rings (SSSR count). The molecule has 0 aromatic carbocycles. The van der Waals surface area contributed by atoms with Crippen LogP contribution in [0.2, 0.25) is 0 Å². The summed E-state index contributed by atoms with van der Waals surface area (Å²) in [5, 5.41) is 9.96. The van der Waals surface area contributed by atoms with Crippen LogP contribution in [0.1, 0.15) is 81.1 Å². The Balaban J connectivity index is 2.43. The number of carbonyl (C=O) groups is 5. The van der Waals surface area contributed by atoms with Crippen LogP contribution in [-0.2, 0) is 29.2 Å². The number of nitrogens with zero attached hydrogens (tertiary/aromatic N) is 2. The molecule has 2 fully saturated rings. The van der Waals surface area contributed by atoms with Gasteiger partial charge in [-0.1, -0.05) is 67.5 Å². The van der Waals surface area contributed by atoms with Crippen LogP contribution in [0, 0.1) is 22.7 Å². The van der Waals surface area contributed by atoms with Gasteiger partial charge in [0.05, 0.1) is 11.8 Å². The van der Waals surface area contributed by atoms with Gasteiger partial charge in [-0.05, 0) is 36.0 Å². The first-order chi connectivity index (χ1) is 22.7. The highest BCUT2D eigenvalue weighted by atomic mass is 32.2. The van der Waals surface area contributed by atoms with Crippen molar-refractivity contribution in [3.8, 4) is 0 Å². The molecule has 0 radical (unpaired) electrons. The van der Waals surface area contributed by atoms with Crippen LogP contribution in [0.5, 0.6) is 0 Å². The molecule has 17 heteroatoms. The molecule has 4 N–H and O–H groups in total. The summed E-state index contributed by atoms with van der Waals surface area (Å²) in [6.45, 7) is 18.9. The number of nitrogens with one attached hydrogen (secondary N) is 4. The minimum absolute atomic E-state index is 0.0223. The van der Waals surface area contributed by atoms with Crippen molar-refractivity contribution in [1.82, 2.24) is 30.5 Å². The van der Waals surface area contributed by atoms with Crippen LogP contribution in [0.4, 0.5) is 18.0 Å². The predicted octanol–water partition coefficient (Wildman–Crippen LogP) is 2.72. The van der Waals surface area contributed by atoms with Gasteiger partial charge in [0.1, 0.15) is 12.1 Å². The number of likely N-dealkylation sites (N-methyl/N-ethyl adjacent to an activating group) is 1. The number of rotatable bonds is 13. The number of likely N-dealkylation sites (tertiary alicyclic amines) is 1. The number of urea groups is 1. The summed E-state index contributed by atoms with van der Waals surface area (Å²) in [6.07, 6.45) is -6.25. The maximum absolute atomic E-state index is 14.4. The Morgan fingerprint density at radius 2 is 1.52 bits per heavy atom. The third-order valence-corrected chi connectivity index (χ3v) is 11.2. The lowest BCUT2D eigenvalue weighted by molar-refractivity contribution is -0.147. The topological polar surface area (TPSA) is 174 Å². The zero-order valence-corrected chi connectivity index (χ0v) is 31.4. The molecule has 2 heterocycles. The lowest BCUT2D eigenvalue weighted by Crippen LogP contribution is -2.62. The minimum atomic E-state index is -4.67. The third-order valence-electron chi connectivity index (χ3n) is 9.30. The van der Waals surface area contributed by atoms with Gasteiger partial charge in [0.15, 0.2) is 0 Å². The molecule has 5 atom stereocenters. The van der Waals surface area contributed by atoms with Crippen molar-refractivity contribution in [2.75, 3.05) is 32.4 Å². The maximum atomic E-state index is 14.4. The molecule has 2 saturated heterocycles. The first-order valence-electron chi connectivity index (χ1n) is 16.9. The summed E-state index contributed by atoms with van der Waals surface area (Å²) in [5.41, 5.74) is -0.885. The largest absolute Gasteiger partial charge is 0.389 e. The Morgan fingerprint density at radius 1 is 0.920 bits per heavy atom. The van der Waals surface area contributed by atoms with E-state index in [1.54, 1.807) is 20.8 Å². The van der Waals surface area contributed by atoms with E-state index in [1.165, 1.54) is 9.21 Å². The van der Waals surface area contributed by atoms with Crippen molar-refractivity contribution < 1.29 is 45.6 Å². The van der Waals surface area contributed by atoms with Crippen molar-refractivity contribution in [2.24, 2.45) is 22.7 Å². The first-order valence-corrected chi connectivity index (χ1v) is 18.5. The van der Waals surface area contributed by atoms with E-state index in [2.05, 4.69) is 27.8 Å². The van der Waals surface area contributed by atoms with Gasteiger partial charge in [0.25, 0.3) is 5.91 Å². The lowest BCUT2D eigenvalue weighted by atomic mass is 9.83. The number of hydrogen-bond donors (Lipinski definition) is 4. The summed E-state index contributed by atoms with van der Waals surface area (Å²) in [7, 11) is -2.32. The standard InChI is InChI=1S/C33H55F3N6O7S/c1-19(2)20(3)21-13-16-42(24(21)27(44)38-22(12-14-33(34,35)36)25(43)28(45)37-10)29(46)26(32(7,8)9)40-30(47)39-23(31(4,5)6)18-41-15-11-17-50(41,48)49/h19,21-24,26H,3,11-18H2,1-2,4-10H3,(H,37,45)(H,38,44)(H2,39,40,47)/t21-,22?,23-,24+,26-/m1/s1. The van der Waals surface area contributed by atoms with Crippen molar-refractivity contribution in [1.29, 1.82) is 0 Å². The monoisotopic (exact) mass is 736 g/mol. The van der Waals surface area contributed by atoms with Crippen LogP contribution in [0.25, 0.3) is 0 Å². The fourth-order valence-electron chi connectivity index (χ4n) is 6.08. The van der Waals surface area contributed by atoms with Gasteiger partial charge in [0, 0.05) is 45.1 Å². The highest BCUT2D eigenvalue weighted by molar-refractivity contribution is 7.89. The molecular weight excluding hydrogens is 681 g/mol. The van der Waals surface area contributed by atoms with Gasteiger partial charge in [-0.2, -0.15) is 17.5 Å². The molecule has 50 heavy (non-hydrogen) atoms. The zero-order valence-electron chi connectivity index (χ0n) is 30.6. The molecule has 0 spiro atoms. The van der Waals surface area contributed by atoms with E-state index < -0.39 is 99.5 Å². The van der Waals surface area contributed by atoms with E-state index in [0.29, 0.717) is 18.5 Å². The average Bonchev–Trinajstić information content (AvgIpc) is 3.57. The molecule has 0 aromatic rings. The molecule has 2 aliphatic heterocycles. The van der Waals surface area contributed by atoms with E-state index in [4.69, 9.17) is 0 Å². The predicted molar refractivity (Wildman–Crippen MR) is 182 cm³/mol. The molecule has 0 bridgehead atoms. The minimum Gasteiger partial charge on any atom is -0.353 e. The van der Waals surface area contributed by atoms with E-state index in [-0.39, 0.29) is 31.2 Å². The molecule has 1 unspecified atom stereocenters. The molecule has 0 aliphatic carbocycles. The Kier molecular flexibility index (Phi) is 14.1. The fourth-order valence-corrected chi connectivity index (χ4v) is 7.61. The molecule has 286 valence electrons. The molecule has 0 aromatic heterocycles. The Morgan fingerprint density at radius 3 is 1.98 bits per heavy atom. The van der Waals surface area contributed by atoms with Gasteiger partial charge in [-0.25, -0.2) is 13.2 Å². The second kappa shape index (κ2) is 16.4. The van der Waals surface area contributed by atoms with Crippen molar-refractivity contribution in [3.63, 3.8) is 0 Å². The van der Waals surface area contributed by atoms with Gasteiger partial charge in [-0.3, -0.25) is 19.2 Å². The van der Waals surface area contributed by atoms with Gasteiger partial charge in [0.2, 0.25) is 27.6 Å². The lowest BCUT2D eigenvalue weighted by Gasteiger charge is -2.38. The summed E-state index contributed by atoms with van der Waals surface area (Å²) in [4.78, 5) is 68.0. The van der Waals surface area contributed by atoms with Crippen LogP contribution < -0.4 is 21.3 Å². The van der Waals surface area contributed by atoms with Crippen LogP contribution in [0.3, 0.4) is 0 Å². The van der Waals surface area contributed by atoms with Crippen LogP contribution >= 0.6 is 0 Å². The fraction of sp³-hybridized carbons (Fsp3) is 0.788. The molecule has 13 nitrogen and oxygen atoms in total. The van der Waals surface area contributed by atoms with Crippen LogP contribution in [0.15, 0.2) is 12.2 Å². The molecular formula is C33H55F3N6O7S. The number of carbonyl (C=O) groups excluding carboxylic acids is 5. The zero-order chi connectivity index (χ0) is 38.6. The Bertz CT molecular complexity index is 1410. The van der Waals surface area contributed by atoms with Gasteiger partial charge in [-0.15, -0.1) is 0 Å². The highest BCUT2D eigenvalue weighted by Gasteiger charge is 2.48. The van der Waals surface area contributed by atoms with E-state index in [0.717, 1.165) is 7.05 Å². The second-order valence-electron chi connectivity index (χ2n) is 15.6. The number of amides is 5. The van der Waals surface area contributed by atoms with E-state index in [9.17, 15) is 45.6 Å². The number of hydrogen-bond acceptors (Lipinski definition) is 7. The highest BCUT2D eigenvalue weighted by Crippen LogP contribution is 2.36. The van der Waals surface area contributed by atoms with Gasteiger partial charge < -0.3 is 26.2 Å². The number of alkyl halides is 3. The summed E-state index contributed by atoms with van der Waals surface area (Å²) in [5.74, 6) is -4.78. The van der Waals surface area contributed by atoms with Crippen LogP contribution in [-0.4, -0.2) is 110 Å². The van der Waals surface area contributed by atoms with Gasteiger partial charge >= 0.3 is 12.2 Å². The summed E-state index contributed by atoms with van der Waals surface area (Å²) < 4.78 is 65.8. The number of ketones is 1. The summed E-state index contributed by atoms with van der Waals surface area (Å²) >= 11 is 0.